The Hall–Kier alpha value is -3.49. The molecule has 0 aromatic heterocycles. The third-order valence-electron chi connectivity index (χ3n) is 7.53. The number of nitrogens with one attached hydrogen (secondary N) is 2. The quantitative estimate of drug-likeness (QED) is 0.346. The van der Waals surface area contributed by atoms with Crippen molar-refractivity contribution in [1.29, 1.82) is 0 Å². The molecule has 3 aliphatic heterocycles. The van der Waals surface area contributed by atoms with E-state index in [1.54, 1.807) is 17.8 Å². The van der Waals surface area contributed by atoms with E-state index in [1.807, 2.05) is 54.6 Å². The molecule has 170 valence electrons. The standard InChI is InChI=1S/C26H21N3O4S/c30-24(17-9-6-10-18(13-17)29(32)33)23-22(16-7-2-1-3-8-16)21-14-34-15-28(21)26(23)19-11-4-5-12-20(19)27-25(26)31/h1-13,21-23H,14-15H2,(H,27,31)/p+1/t21-,22+,23+,26-/m1/s1. The molecule has 8 heteroatoms. The summed E-state index contributed by atoms with van der Waals surface area (Å²) >= 11 is 1.80. The lowest BCUT2D eigenvalue weighted by Crippen LogP contribution is -3.19. The maximum Gasteiger partial charge on any atom is 0.291 e. The topological polar surface area (TPSA) is 93.8 Å². The summed E-state index contributed by atoms with van der Waals surface area (Å²) < 4.78 is 0. The molecule has 0 aliphatic carbocycles. The summed E-state index contributed by atoms with van der Waals surface area (Å²) in [7, 11) is 0. The third kappa shape index (κ3) is 2.82. The van der Waals surface area contributed by atoms with Crippen molar-refractivity contribution in [2.24, 2.45) is 5.92 Å². The Morgan fingerprint density at radius 3 is 2.62 bits per heavy atom. The van der Waals surface area contributed by atoms with Gasteiger partial charge in [0, 0.05) is 23.3 Å². The molecule has 3 heterocycles. The number of quaternary nitrogens is 1. The number of ketones is 1. The Bertz CT molecular complexity index is 1330. The zero-order chi connectivity index (χ0) is 23.4. The summed E-state index contributed by atoms with van der Waals surface area (Å²) in [5.74, 6) is 0.269. The Kier molecular flexibility index (Phi) is 4.82. The van der Waals surface area contributed by atoms with Crippen LogP contribution in [0.15, 0.2) is 78.9 Å². The number of thioether (sulfide) groups is 1. The molecular weight excluding hydrogens is 450 g/mol. The summed E-state index contributed by atoms with van der Waals surface area (Å²) in [6.45, 7) is 0. The van der Waals surface area contributed by atoms with Crippen molar-refractivity contribution >= 4 is 34.8 Å². The number of nitro groups is 1. The first-order valence-corrected chi connectivity index (χ1v) is 12.4. The second kappa shape index (κ2) is 7.78. The van der Waals surface area contributed by atoms with Gasteiger partial charge in [0.2, 0.25) is 5.54 Å². The molecule has 1 amide bonds. The highest BCUT2D eigenvalue weighted by Gasteiger charge is 2.73. The van der Waals surface area contributed by atoms with E-state index in [1.165, 1.54) is 18.2 Å². The summed E-state index contributed by atoms with van der Waals surface area (Å²) in [5.41, 5.74) is 1.64. The zero-order valence-corrected chi connectivity index (χ0v) is 19.0. The number of benzene rings is 3. The van der Waals surface area contributed by atoms with Crippen LogP contribution in [0.1, 0.15) is 27.4 Å². The number of fused-ring (bicyclic) bond motifs is 4. The van der Waals surface area contributed by atoms with Gasteiger partial charge in [-0.3, -0.25) is 19.7 Å². The lowest BCUT2D eigenvalue weighted by Gasteiger charge is -2.33. The zero-order valence-electron chi connectivity index (χ0n) is 18.1. The second-order valence-electron chi connectivity index (χ2n) is 9.04. The maximum absolute atomic E-state index is 14.3. The molecule has 1 spiro atoms. The minimum absolute atomic E-state index is 0.0666. The lowest BCUT2D eigenvalue weighted by molar-refractivity contribution is -0.941. The first-order chi connectivity index (χ1) is 16.5. The van der Waals surface area contributed by atoms with Crippen molar-refractivity contribution in [3.63, 3.8) is 0 Å². The third-order valence-corrected chi connectivity index (χ3v) is 8.64. The molecule has 2 saturated heterocycles. The van der Waals surface area contributed by atoms with Crippen LogP contribution in [0.25, 0.3) is 0 Å². The highest BCUT2D eigenvalue weighted by atomic mass is 32.2. The smallest absolute Gasteiger partial charge is 0.291 e. The number of hydrogen-bond acceptors (Lipinski definition) is 5. The number of para-hydroxylation sites is 1. The molecular formula is C26H22N3O4S+. The van der Waals surface area contributed by atoms with Crippen LogP contribution in [0, 0.1) is 16.0 Å². The van der Waals surface area contributed by atoms with E-state index >= 15 is 0 Å². The Labute approximate surface area is 200 Å². The molecule has 0 bridgehead atoms. The second-order valence-corrected chi connectivity index (χ2v) is 10.1. The van der Waals surface area contributed by atoms with Crippen LogP contribution in [-0.4, -0.2) is 34.3 Å². The number of Topliss-reactive ketones (excluding diaryl/α,β-unsaturated/α-hetero) is 1. The van der Waals surface area contributed by atoms with Gasteiger partial charge in [-0.25, -0.2) is 0 Å². The van der Waals surface area contributed by atoms with Crippen molar-refractivity contribution in [3.05, 3.63) is 106 Å². The first-order valence-electron chi connectivity index (χ1n) is 11.2. The normalized spacial score (nSPS) is 29.0. The number of nitrogens with zero attached hydrogens (tertiary/aromatic N) is 1. The maximum atomic E-state index is 14.3. The molecule has 0 radical (unpaired) electrons. The van der Waals surface area contributed by atoms with E-state index in [0.29, 0.717) is 5.88 Å². The van der Waals surface area contributed by atoms with Crippen molar-refractivity contribution in [2.45, 2.75) is 17.5 Å². The number of non-ortho nitro benzene ring substituents is 1. The van der Waals surface area contributed by atoms with Gasteiger partial charge in [-0.15, -0.1) is 0 Å². The van der Waals surface area contributed by atoms with E-state index in [2.05, 4.69) is 5.32 Å². The van der Waals surface area contributed by atoms with Crippen LogP contribution in [0.2, 0.25) is 0 Å². The molecule has 3 aliphatic rings. The molecule has 1 unspecified atom stereocenters. The van der Waals surface area contributed by atoms with Crippen molar-refractivity contribution in [1.82, 2.24) is 0 Å². The van der Waals surface area contributed by atoms with Gasteiger partial charge in [0.15, 0.2) is 5.78 Å². The van der Waals surface area contributed by atoms with Crippen LogP contribution in [0.4, 0.5) is 11.4 Å². The van der Waals surface area contributed by atoms with Gasteiger partial charge in [-0.1, -0.05) is 72.4 Å². The van der Waals surface area contributed by atoms with E-state index in [-0.39, 0.29) is 34.9 Å². The Morgan fingerprint density at radius 1 is 1.06 bits per heavy atom. The lowest BCUT2D eigenvalue weighted by atomic mass is 9.69. The van der Waals surface area contributed by atoms with Crippen molar-refractivity contribution in [2.75, 3.05) is 16.9 Å². The van der Waals surface area contributed by atoms with E-state index in [0.717, 1.165) is 27.5 Å². The van der Waals surface area contributed by atoms with Gasteiger partial charge in [0.05, 0.1) is 22.3 Å². The molecule has 5 atom stereocenters. The fourth-order valence-corrected chi connectivity index (χ4v) is 7.69. The highest BCUT2D eigenvalue weighted by Crippen LogP contribution is 2.52. The molecule has 6 rings (SSSR count). The monoisotopic (exact) mass is 472 g/mol. The van der Waals surface area contributed by atoms with Gasteiger partial charge in [-0.2, -0.15) is 0 Å². The summed E-state index contributed by atoms with van der Waals surface area (Å²) in [6, 6.07) is 23.5. The van der Waals surface area contributed by atoms with E-state index in [4.69, 9.17) is 0 Å². The average Bonchev–Trinajstić information content (AvgIpc) is 3.52. The van der Waals surface area contributed by atoms with Crippen LogP contribution in [0.3, 0.4) is 0 Å². The highest BCUT2D eigenvalue weighted by molar-refractivity contribution is 7.99. The van der Waals surface area contributed by atoms with Crippen LogP contribution in [0.5, 0.6) is 0 Å². The fraction of sp³-hybridized carbons (Fsp3) is 0.231. The van der Waals surface area contributed by atoms with E-state index in [9.17, 15) is 19.7 Å². The van der Waals surface area contributed by atoms with Gasteiger partial charge >= 0.3 is 0 Å². The predicted molar refractivity (Wildman–Crippen MR) is 129 cm³/mol. The molecule has 2 N–H and O–H groups in total. The number of amides is 1. The van der Waals surface area contributed by atoms with Gasteiger partial charge < -0.3 is 10.2 Å². The molecule has 3 aromatic rings. The number of carbonyl (C=O) groups is 2. The SMILES string of the molecule is O=C(c1cccc([N+](=O)[O-])c1)[C@@H]1[C@@H](c2ccccc2)[C@H]2CSC[NH+]2[C@@]12C(=O)Nc1ccccc12. The summed E-state index contributed by atoms with van der Waals surface area (Å²) in [6.07, 6.45) is 0. The van der Waals surface area contributed by atoms with Gasteiger partial charge in [-0.05, 0) is 11.6 Å². The minimum Gasteiger partial charge on any atom is -0.320 e. The number of anilines is 1. The number of carbonyl (C=O) groups excluding carboxylic acids is 2. The number of nitro benzene ring substituents is 1. The molecule has 0 saturated carbocycles. The minimum atomic E-state index is -1.09. The predicted octanol–water partition coefficient (Wildman–Crippen LogP) is 3.00. The molecule has 3 aromatic carbocycles. The van der Waals surface area contributed by atoms with Crippen LogP contribution >= 0.6 is 11.8 Å². The average molecular weight is 473 g/mol. The number of hydrogen-bond donors (Lipinski definition) is 2. The van der Waals surface area contributed by atoms with Crippen molar-refractivity contribution < 1.29 is 19.4 Å². The molecule has 7 nitrogen and oxygen atoms in total. The van der Waals surface area contributed by atoms with Crippen LogP contribution < -0.4 is 10.2 Å². The molecule has 34 heavy (non-hydrogen) atoms. The first kappa shape index (κ1) is 21.1. The Balaban J connectivity index is 1.60. The van der Waals surface area contributed by atoms with Gasteiger partial charge in [0.25, 0.3) is 11.6 Å². The largest absolute Gasteiger partial charge is 0.320 e. The van der Waals surface area contributed by atoms with Crippen LogP contribution in [-0.2, 0) is 10.3 Å². The van der Waals surface area contributed by atoms with Crippen molar-refractivity contribution in [3.8, 4) is 0 Å². The number of rotatable bonds is 4. The summed E-state index contributed by atoms with van der Waals surface area (Å²) in [4.78, 5) is 40.3. The summed E-state index contributed by atoms with van der Waals surface area (Å²) in [5, 5.41) is 14.5. The Morgan fingerprint density at radius 2 is 1.82 bits per heavy atom. The fourth-order valence-electron chi connectivity index (χ4n) is 6.25. The van der Waals surface area contributed by atoms with Gasteiger partial charge in [0.1, 0.15) is 17.8 Å². The molecule has 2 fully saturated rings. The van der Waals surface area contributed by atoms with E-state index < -0.39 is 16.4 Å².